The van der Waals surface area contributed by atoms with Crippen LogP contribution in [0, 0.1) is 6.92 Å². The predicted octanol–water partition coefficient (Wildman–Crippen LogP) is 2.63. The summed E-state index contributed by atoms with van der Waals surface area (Å²) in [6.07, 6.45) is 4.67. The molecule has 1 atom stereocenters. The van der Waals surface area contributed by atoms with Crippen molar-refractivity contribution < 1.29 is 4.79 Å². The molecule has 2 saturated heterocycles. The zero-order valence-electron chi connectivity index (χ0n) is 15.2. The Bertz CT molecular complexity index is 552. The standard InChI is InChI=1S/C20H31N3O/c1-17-7-3-4-9-19(17)20(24)23-11-6-5-8-18(23)10-12-22-15-13-21(2)14-16-22/h3-4,7,9,18H,5-6,8,10-16H2,1-2H3. The third-order valence-corrected chi connectivity index (χ3v) is 5.64. The van der Waals surface area contributed by atoms with Gasteiger partial charge >= 0.3 is 0 Å². The highest BCUT2D eigenvalue weighted by Crippen LogP contribution is 2.23. The van der Waals surface area contributed by atoms with E-state index in [1.165, 1.54) is 6.42 Å². The lowest BCUT2D eigenvalue weighted by molar-refractivity contribution is 0.0569. The molecule has 0 spiro atoms. The van der Waals surface area contributed by atoms with Crippen molar-refractivity contribution in [1.29, 1.82) is 0 Å². The number of likely N-dealkylation sites (N-methyl/N-ethyl adjacent to an activating group) is 1. The number of piperidine rings is 1. The van der Waals surface area contributed by atoms with Crippen LogP contribution in [0.15, 0.2) is 24.3 Å². The second-order valence-corrected chi connectivity index (χ2v) is 7.40. The van der Waals surface area contributed by atoms with Crippen molar-refractivity contribution in [1.82, 2.24) is 14.7 Å². The number of hydrogen-bond acceptors (Lipinski definition) is 3. The molecule has 1 aromatic rings. The van der Waals surface area contributed by atoms with Crippen LogP contribution in [-0.4, -0.2) is 73.0 Å². The molecule has 0 aliphatic carbocycles. The van der Waals surface area contributed by atoms with Gasteiger partial charge in [0.15, 0.2) is 0 Å². The van der Waals surface area contributed by atoms with Gasteiger partial charge in [-0.3, -0.25) is 4.79 Å². The van der Waals surface area contributed by atoms with E-state index >= 15 is 0 Å². The lowest BCUT2D eigenvalue weighted by Crippen LogP contribution is -2.48. The highest BCUT2D eigenvalue weighted by atomic mass is 16.2. The van der Waals surface area contributed by atoms with Gasteiger partial charge in [-0.1, -0.05) is 18.2 Å². The number of nitrogens with zero attached hydrogens (tertiary/aromatic N) is 3. The van der Waals surface area contributed by atoms with E-state index in [2.05, 4.69) is 21.7 Å². The first kappa shape index (κ1) is 17.4. The average Bonchev–Trinajstić information content (AvgIpc) is 2.61. The van der Waals surface area contributed by atoms with Gasteiger partial charge in [0.25, 0.3) is 5.91 Å². The minimum Gasteiger partial charge on any atom is -0.336 e. The van der Waals surface area contributed by atoms with Gasteiger partial charge in [0, 0.05) is 50.9 Å². The van der Waals surface area contributed by atoms with Gasteiger partial charge in [0.1, 0.15) is 0 Å². The number of piperazine rings is 1. The maximum atomic E-state index is 13.0. The third kappa shape index (κ3) is 4.17. The highest BCUT2D eigenvalue weighted by molar-refractivity contribution is 5.95. The third-order valence-electron chi connectivity index (χ3n) is 5.64. The summed E-state index contributed by atoms with van der Waals surface area (Å²) in [6, 6.07) is 8.40. The first-order valence-corrected chi connectivity index (χ1v) is 9.42. The lowest BCUT2D eigenvalue weighted by Gasteiger charge is -2.38. The van der Waals surface area contributed by atoms with Crippen LogP contribution >= 0.6 is 0 Å². The number of carbonyl (C=O) groups excluding carboxylic acids is 1. The van der Waals surface area contributed by atoms with Crippen LogP contribution in [0.3, 0.4) is 0 Å². The molecule has 0 N–H and O–H groups in total. The summed E-state index contributed by atoms with van der Waals surface area (Å²) in [7, 11) is 2.20. The molecular weight excluding hydrogens is 298 g/mol. The summed E-state index contributed by atoms with van der Waals surface area (Å²) in [5.41, 5.74) is 1.97. The molecule has 2 aliphatic rings. The van der Waals surface area contributed by atoms with Crippen molar-refractivity contribution in [3.8, 4) is 0 Å². The zero-order valence-corrected chi connectivity index (χ0v) is 15.2. The maximum Gasteiger partial charge on any atom is 0.254 e. The molecule has 4 heteroatoms. The average molecular weight is 329 g/mol. The molecule has 2 fully saturated rings. The maximum absolute atomic E-state index is 13.0. The largest absolute Gasteiger partial charge is 0.336 e. The highest BCUT2D eigenvalue weighted by Gasteiger charge is 2.28. The summed E-state index contributed by atoms with van der Waals surface area (Å²) in [5, 5.41) is 0. The Balaban J connectivity index is 1.61. The second-order valence-electron chi connectivity index (χ2n) is 7.40. The number of carbonyl (C=O) groups is 1. The molecule has 0 saturated carbocycles. The summed E-state index contributed by atoms with van der Waals surface area (Å²) >= 11 is 0. The van der Waals surface area contributed by atoms with E-state index in [0.717, 1.165) is 69.7 Å². The van der Waals surface area contributed by atoms with Gasteiger partial charge in [0.2, 0.25) is 0 Å². The summed E-state index contributed by atoms with van der Waals surface area (Å²) < 4.78 is 0. The smallest absolute Gasteiger partial charge is 0.254 e. The fourth-order valence-corrected chi connectivity index (χ4v) is 3.94. The van der Waals surface area contributed by atoms with Crippen LogP contribution in [0.5, 0.6) is 0 Å². The molecule has 2 heterocycles. The molecule has 24 heavy (non-hydrogen) atoms. The number of likely N-dealkylation sites (tertiary alicyclic amines) is 1. The Labute approximate surface area is 146 Å². The molecule has 2 aliphatic heterocycles. The number of aryl methyl sites for hydroxylation is 1. The van der Waals surface area contributed by atoms with E-state index in [4.69, 9.17) is 0 Å². The van der Waals surface area contributed by atoms with Crippen LogP contribution in [0.4, 0.5) is 0 Å². The minimum absolute atomic E-state index is 0.233. The van der Waals surface area contributed by atoms with Crippen molar-refractivity contribution in [3.05, 3.63) is 35.4 Å². The Kier molecular flexibility index (Phi) is 5.90. The topological polar surface area (TPSA) is 26.8 Å². The fourth-order valence-electron chi connectivity index (χ4n) is 3.94. The van der Waals surface area contributed by atoms with E-state index in [-0.39, 0.29) is 5.91 Å². The minimum atomic E-state index is 0.233. The van der Waals surface area contributed by atoms with E-state index in [1.54, 1.807) is 0 Å². The van der Waals surface area contributed by atoms with Crippen molar-refractivity contribution in [2.75, 3.05) is 46.3 Å². The van der Waals surface area contributed by atoms with Crippen LogP contribution in [0.1, 0.15) is 41.6 Å². The van der Waals surface area contributed by atoms with E-state index in [9.17, 15) is 4.79 Å². The van der Waals surface area contributed by atoms with Crippen molar-refractivity contribution in [2.24, 2.45) is 0 Å². The zero-order chi connectivity index (χ0) is 16.9. The normalized spacial score (nSPS) is 23.4. The summed E-state index contributed by atoms with van der Waals surface area (Å²) in [4.78, 5) is 20.1. The SMILES string of the molecule is Cc1ccccc1C(=O)N1CCCCC1CCN1CCN(C)CC1. The molecule has 1 amide bonds. The van der Waals surface area contributed by atoms with Gasteiger partial charge in [-0.2, -0.15) is 0 Å². The quantitative estimate of drug-likeness (QED) is 0.850. The predicted molar refractivity (Wildman–Crippen MR) is 98.4 cm³/mol. The monoisotopic (exact) mass is 329 g/mol. The Morgan fingerprint density at radius 3 is 2.58 bits per heavy atom. The van der Waals surface area contributed by atoms with Crippen LogP contribution in [0.2, 0.25) is 0 Å². The number of benzene rings is 1. The number of amides is 1. The Morgan fingerprint density at radius 2 is 1.83 bits per heavy atom. The van der Waals surface area contributed by atoms with Crippen molar-refractivity contribution in [3.63, 3.8) is 0 Å². The van der Waals surface area contributed by atoms with Gasteiger partial charge in [-0.15, -0.1) is 0 Å². The lowest BCUT2D eigenvalue weighted by atomic mass is 9.97. The van der Waals surface area contributed by atoms with Gasteiger partial charge in [-0.25, -0.2) is 0 Å². The summed E-state index contributed by atoms with van der Waals surface area (Å²) in [6.45, 7) is 8.73. The molecule has 3 rings (SSSR count). The fraction of sp³-hybridized carbons (Fsp3) is 0.650. The van der Waals surface area contributed by atoms with Crippen LogP contribution in [-0.2, 0) is 0 Å². The molecule has 0 aromatic heterocycles. The molecule has 1 aromatic carbocycles. The molecule has 132 valence electrons. The molecule has 0 bridgehead atoms. The Morgan fingerprint density at radius 1 is 1.08 bits per heavy atom. The molecule has 1 unspecified atom stereocenters. The van der Waals surface area contributed by atoms with Gasteiger partial charge < -0.3 is 14.7 Å². The number of rotatable bonds is 4. The van der Waals surface area contributed by atoms with Crippen molar-refractivity contribution in [2.45, 2.75) is 38.6 Å². The molecule has 0 radical (unpaired) electrons. The van der Waals surface area contributed by atoms with Gasteiger partial charge in [0.05, 0.1) is 0 Å². The molecule has 4 nitrogen and oxygen atoms in total. The summed E-state index contributed by atoms with van der Waals surface area (Å²) in [5.74, 6) is 0.233. The van der Waals surface area contributed by atoms with E-state index < -0.39 is 0 Å². The van der Waals surface area contributed by atoms with Crippen LogP contribution < -0.4 is 0 Å². The van der Waals surface area contributed by atoms with Crippen molar-refractivity contribution >= 4 is 5.91 Å². The second kappa shape index (κ2) is 8.13. The first-order chi connectivity index (χ1) is 11.6. The molecular formula is C20H31N3O. The van der Waals surface area contributed by atoms with E-state index in [1.807, 2.05) is 31.2 Å². The Hall–Kier alpha value is -1.39. The van der Waals surface area contributed by atoms with Gasteiger partial charge in [-0.05, 0) is 51.3 Å². The first-order valence-electron chi connectivity index (χ1n) is 9.42. The van der Waals surface area contributed by atoms with E-state index in [0.29, 0.717) is 6.04 Å². The number of hydrogen-bond donors (Lipinski definition) is 0. The van der Waals surface area contributed by atoms with Crippen LogP contribution in [0.25, 0.3) is 0 Å².